The molecule has 3 N–H and O–H groups in total. The minimum Gasteiger partial charge on any atom is -0.373 e. The Morgan fingerprint density at radius 1 is 1.17 bits per heavy atom. The number of ether oxygens (including phenoxy) is 1. The van der Waals surface area contributed by atoms with E-state index in [4.69, 9.17) is 4.74 Å². The second-order valence-corrected chi connectivity index (χ2v) is 10.1. The number of nitrogens with one attached hydrogen (secondary N) is 3. The van der Waals surface area contributed by atoms with Gasteiger partial charge in [0, 0.05) is 31.0 Å². The first kappa shape index (κ1) is 24.1. The highest BCUT2D eigenvalue weighted by atomic mass is 32.1. The number of pyridine rings is 1. The summed E-state index contributed by atoms with van der Waals surface area (Å²) in [6.07, 6.45) is 7.02. The van der Waals surface area contributed by atoms with Crippen LogP contribution in [0, 0.1) is 13.8 Å². The lowest BCUT2D eigenvalue weighted by molar-refractivity contribution is -0.121. The van der Waals surface area contributed by atoms with Crippen LogP contribution in [0.5, 0.6) is 0 Å². The molecule has 0 aromatic carbocycles. The maximum Gasteiger partial charge on any atom is 0.260 e. The first-order valence-corrected chi connectivity index (χ1v) is 12.5. The molecule has 1 aliphatic rings. The summed E-state index contributed by atoms with van der Waals surface area (Å²) in [5.74, 6) is -0.440. The van der Waals surface area contributed by atoms with Crippen LogP contribution >= 0.6 is 11.3 Å². The minimum absolute atomic E-state index is 0.0860. The van der Waals surface area contributed by atoms with Crippen LogP contribution in [0.3, 0.4) is 0 Å². The summed E-state index contributed by atoms with van der Waals surface area (Å²) in [6, 6.07) is 1.72. The fourth-order valence-corrected chi connectivity index (χ4v) is 5.54. The smallest absolute Gasteiger partial charge is 0.260 e. The molecule has 12 heteroatoms. The molecular weight excluding hydrogens is 480 g/mol. The van der Waals surface area contributed by atoms with E-state index < -0.39 is 0 Å². The van der Waals surface area contributed by atoms with Crippen molar-refractivity contribution < 1.29 is 14.3 Å². The van der Waals surface area contributed by atoms with E-state index in [1.807, 2.05) is 33.2 Å². The average molecular weight is 509 g/mol. The molecule has 36 heavy (non-hydrogen) atoms. The molecule has 2 atom stereocenters. The second kappa shape index (κ2) is 9.80. The molecule has 1 saturated heterocycles. The van der Waals surface area contributed by atoms with Crippen LogP contribution in [0.2, 0.25) is 0 Å². The maximum atomic E-state index is 13.2. The molecule has 5 rings (SSSR count). The van der Waals surface area contributed by atoms with Crippen LogP contribution in [-0.2, 0) is 9.53 Å². The lowest BCUT2D eigenvalue weighted by atomic mass is 10.2. The number of rotatable bonds is 6. The molecule has 2 amide bonds. The summed E-state index contributed by atoms with van der Waals surface area (Å²) in [6.45, 7) is 9.40. The predicted molar refractivity (Wildman–Crippen MR) is 137 cm³/mol. The minimum atomic E-state index is -0.299. The lowest BCUT2D eigenvalue weighted by Gasteiger charge is -2.34. The zero-order chi connectivity index (χ0) is 25.4. The zero-order valence-electron chi connectivity index (χ0n) is 20.5. The van der Waals surface area contributed by atoms with E-state index in [0.717, 1.165) is 21.0 Å². The number of aryl methyl sites for hydroxylation is 2. The van der Waals surface area contributed by atoms with Crippen molar-refractivity contribution in [1.82, 2.24) is 29.7 Å². The fraction of sp³-hybridized carbons (Fsp3) is 0.375. The molecule has 1 aliphatic heterocycles. The first-order chi connectivity index (χ1) is 17.3. The number of aromatic nitrogens is 5. The number of fused-ring (bicyclic) bond motifs is 1. The van der Waals surface area contributed by atoms with Gasteiger partial charge < -0.3 is 15.4 Å². The molecule has 0 radical (unpaired) electrons. The van der Waals surface area contributed by atoms with Gasteiger partial charge in [-0.05, 0) is 33.8 Å². The monoisotopic (exact) mass is 508 g/mol. The Morgan fingerprint density at radius 2 is 1.94 bits per heavy atom. The van der Waals surface area contributed by atoms with Crippen molar-refractivity contribution in [2.45, 2.75) is 39.9 Å². The number of morpholine rings is 1. The summed E-state index contributed by atoms with van der Waals surface area (Å²) in [4.78, 5) is 33.9. The highest BCUT2D eigenvalue weighted by Crippen LogP contribution is 2.32. The van der Waals surface area contributed by atoms with Crippen molar-refractivity contribution in [3.05, 3.63) is 47.8 Å². The molecule has 4 aromatic heterocycles. The van der Waals surface area contributed by atoms with Gasteiger partial charge in [-0.25, -0.2) is 4.52 Å². The Hall–Kier alpha value is -3.61. The normalized spacial score (nSPS) is 18.4. The van der Waals surface area contributed by atoms with Crippen LogP contribution in [0.4, 0.5) is 11.4 Å². The largest absolute Gasteiger partial charge is 0.373 e. The van der Waals surface area contributed by atoms with Crippen molar-refractivity contribution in [3.63, 3.8) is 0 Å². The summed E-state index contributed by atoms with van der Waals surface area (Å²) in [5, 5.41) is 17.2. The highest BCUT2D eigenvalue weighted by Gasteiger charge is 2.24. The molecule has 5 heterocycles. The van der Waals surface area contributed by atoms with Gasteiger partial charge >= 0.3 is 0 Å². The van der Waals surface area contributed by atoms with E-state index in [-0.39, 0.29) is 30.6 Å². The van der Waals surface area contributed by atoms with Gasteiger partial charge in [0.15, 0.2) is 0 Å². The van der Waals surface area contributed by atoms with Crippen molar-refractivity contribution in [2.75, 3.05) is 30.3 Å². The first-order valence-electron chi connectivity index (χ1n) is 11.7. The zero-order valence-corrected chi connectivity index (χ0v) is 21.3. The standard InChI is InChI=1S/C24H28N8O3S/c1-13-9-31(10-14(2)35-13)12-22(33)28-17-5-20(16(4)25-6-17)29-23(34)19-8-27-32-11-21(36-24(19)32)18-7-26-30-15(18)3/h5-8,11,13-14H,9-10,12H2,1-4H3,(H,26,30)(H,28,33)(H,29,34)/t13-,14-/m0/s1. The van der Waals surface area contributed by atoms with Gasteiger partial charge in [0.2, 0.25) is 5.91 Å². The van der Waals surface area contributed by atoms with E-state index in [0.29, 0.717) is 35.7 Å². The number of hydrogen-bond donors (Lipinski definition) is 3. The molecule has 0 bridgehead atoms. The predicted octanol–water partition coefficient (Wildman–Crippen LogP) is 3.10. The number of amides is 2. The van der Waals surface area contributed by atoms with Gasteiger partial charge in [0.05, 0.1) is 64.3 Å². The van der Waals surface area contributed by atoms with E-state index in [9.17, 15) is 9.59 Å². The molecule has 0 aliphatic carbocycles. The average Bonchev–Trinajstić information content (AvgIpc) is 3.50. The number of nitrogens with zero attached hydrogens (tertiary/aromatic N) is 5. The lowest BCUT2D eigenvalue weighted by Crippen LogP contribution is -2.48. The van der Waals surface area contributed by atoms with Crippen LogP contribution in [0.15, 0.2) is 30.9 Å². The van der Waals surface area contributed by atoms with Gasteiger partial charge in [0.1, 0.15) is 4.83 Å². The van der Waals surface area contributed by atoms with Crippen LogP contribution in [0.1, 0.15) is 35.6 Å². The van der Waals surface area contributed by atoms with Crippen molar-refractivity contribution >= 4 is 39.4 Å². The summed E-state index contributed by atoms with van der Waals surface area (Å²) >= 11 is 1.47. The summed E-state index contributed by atoms with van der Waals surface area (Å²) in [5.41, 5.74) is 3.99. The molecule has 1 fully saturated rings. The van der Waals surface area contributed by atoms with Crippen LogP contribution in [0.25, 0.3) is 15.3 Å². The van der Waals surface area contributed by atoms with Crippen LogP contribution < -0.4 is 10.6 Å². The number of carbonyl (C=O) groups excluding carboxylic acids is 2. The maximum absolute atomic E-state index is 13.2. The molecule has 0 spiro atoms. The van der Waals surface area contributed by atoms with Crippen LogP contribution in [-0.4, -0.2) is 73.4 Å². The molecule has 11 nitrogen and oxygen atoms in total. The second-order valence-electron chi connectivity index (χ2n) is 9.10. The Morgan fingerprint density at radius 3 is 2.67 bits per heavy atom. The number of anilines is 2. The quantitative estimate of drug-likeness (QED) is 0.365. The molecule has 0 unspecified atom stereocenters. The molecular formula is C24H28N8O3S. The SMILES string of the molecule is Cc1ncc(NC(=O)CN2C[C@H](C)O[C@@H](C)C2)cc1NC(=O)c1cnn2cc(-c3c[nH]nc3C)sc12. The Kier molecular flexibility index (Phi) is 6.56. The van der Waals surface area contributed by atoms with E-state index >= 15 is 0 Å². The van der Waals surface area contributed by atoms with Crippen molar-refractivity contribution in [1.29, 1.82) is 0 Å². The fourth-order valence-electron chi connectivity index (χ4n) is 4.41. The van der Waals surface area contributed by atoms with Crippen molar-refractivity contribution in [3.8, 4) is 10.4 Å². The van der Waals surface area contributed by atoms with E-state index in [2.05, 4.69) is 35.8 Å². The van der Waals surface area contributed by atoms with Gasteiger partial charge in [-0.15, -0.1) is 11.3 Å². The van der Waals surface area contributed by atoms with E-state index in [1.165, 1.54) is 11.3 Å². The van der Waals surface area contributed by atoms with Crippen molar-refractivity contribution in [2.24, 2.45) is 0 Å². The Labute approximate surface area is 211 Å². The number of hydrogen-bond acceptors (Lipinski definition) is 8. The topological polar surface area (TPSA) is 130 Å². The van der Waals surface area contributed by atoms with Gasteiger partial charge in [-0.3, -0.25) is 24.6 Å². The third kappa shape index (κ3) is 5.01. The van der Waals surface area contributed by atoms with Gasteiger partial charge in [-0.1, -0.05) is 0 Å². The number of carbonyl (C=O) groups is 2. The number of thiazole rings is 1. The Balaban J connectivity index is 1.28. The molecule has 0 saturated carbocycles. The summed E-state index contributed by atoms with van der Waals surface area (Å²) < 4.78 is 7.42. The number of H-pyrrole nitrogens is 1. The van der Waals surface area contributed by atoms with E-state index in [1.54, 1.807) is 29.9 Å². The van der Waals surface area contributed by atoms with Gasteiger partial charge in [0.25, 0.3) is 5.91 Å². The third-order valence-corrected chi connectivity index (χ3v) is 7.16. The molecule has 4 aromatic rings. The van der Waals surface area contributed by atoms with Gasteiger partial charge in [-0.2, -0.15) is 10.2 Å². The third-order valence-electron chi connectivity index (χ3n) is 6.02. The Bertz CT molecular complexity index is 1410. The molecule has 188 valence electrons. The highest BCUT2D eigenvalue weighted by molar-refractivity contribution is 7.21. The summed E-state index contributed by atoms with van der Waals surface area (Å²) in [7, 11) is 0. The number of aromatic amines is 1.